The first kappa shape index (κ1) is 19.4. The van der Waals surface area contributed by atoms with E-state index >= 15 is 0 Å². The second-order valence-electron chi connectivity index (χ2n) is 7.80. The van der Waals surface area contributed by atoms with E-state index in [9.17, 15) is 14.0 Å². The fourth-order valence-electron chi connectivity index (χ4n) is 3.78. The van der Waals surface area contributed by atoms with E-state index in [0.717, 1.165) is 6.42 Å². The molecule has 0 unspecified atom stereocenters. The summed E-state index contributed by atoms with van der Waals surface area (Å²) in [4.78, 5) is 27.1. The summed E-state index contributed by atoms with van der Waals surface area (Å²) in [7, 11) is 0. The average molecular weight is 401 g/mol. The van der Waals surface area contributed by atoms with E-state index in [0.29, 0.717) is 13.1 Å². The Morgan fingerprint density at radius 2 is 1.96 bits per heavy atom. The molecule has 1 saturated carbocycles. The normalized spacial score (nSPS) is 27.7. The van der Waals surface area contributed by atoms with Gasteiger partial charge in [-0.1, -0.05) is 32.9 Å². The van der Waals surface area contributed by atoms with Gasteiger partial charge in [-0.25, -0.2) is 4.39 Å². The van der Waals surface area contributed by atoms with E-state index in [-0.39, 0.29) is 28.7 Å². The number of rotatable bonds is 4. The maximum Gasteiger partial charge on any atom is 0.254 e. The predicted octanol–water partition coefficient (Wildman–Crippen LogP) is 3.62. The summed E-state index contributed by atoms with van der Waals surface area (Å²) in [6, 6.07) is 4.99. The molecule has 7 heteroatoms. The van der Waals surface area contributed by atoms with E-state index in [4.69, 9.17) is 23.2 Å². The zero-order valence-electron chi connectivity index (χ0n) is 15.1. The second-order valence-corrected chi connectivity index (χ2v) is 9.19. The van der Waals surface area contributed by atoms with Gasteiger partial charge < -0.3 is 10.2 Å². The minimum atomic E-state index is -0.800. The molecule has 26 heavy (non-hydrogen) atoms. The predicted molar refractivity (Wildman–Crippen MR) is 99.7 cm³/mol. The molecule has 2 amide bonds. The Balaban J connectivity index is 1.71. The van der Waals surface area contributed by atoms with Gasteiger partial charge >= 0.3 is 0 Å². The minimum absolute atomic E-state index is 0.0334. The molecule has 1 aromatic carbocycles. The summed E-state index contributed by atoms with van der Waals surface area (Å²) >= 11 is 12.7. The van der Waals surface area contributed by atoms with Gasteiger partial charge in [-0.15, -0.1) is 23.2 Å². The van der Waals surface area contributed by atoms with Crippen LogP contribution in [-0.2, 0) is 4.79 Å². The van der Waals surface area contributed by atoms with Crippen LogP contribution in [0.25, 0.3) is 0 Å². The number of fused-ring (bicyclic) bond motifs is 1. The molecule has 1 aliphatic carbocycles. The van der Waals surface area contributed by atoms with Gasteiger partial charge in [0.05, 0.1) is 5.56 Å². The van der Waals surface area contributed by atoms with Gasteiger partial charge in [-0.05, 0) is 24.5 Å². The lowest BCUT2D eigenvalue weighted by molar-refractivity contribution is -0.135. The van der Waals surface area contributed by atoms with Crippen LogP contribution in [-0.4, -0.2) is 40.2 Å². The number of likely N-dealkylation sites (tertiary alicyclic amines) is 1. The van der Waals surface area contributed by atoms with Crippen LogP contribution in [0.15, 0.2) is 24.3 Å². The Hall–Kier alpha value is -1.33. The number of piperidine rings is 1. The number of nitrogens with one attached hydrogen (secondary N) is 1. The number of amides is 2. The number of hydrogen-bond acceptors (Lipinski definition) is 2. The molecule has 3 atom stereocenters. The van der Waals surface area contributed by atoms with Crippen LogP contribution in [0.3, 0.4) is 0 Å². The average Bonchev–Trinajstić information content (AvgIpc) is 3.04. The van der Waals surface area contributed by atoms with Gasteiger partial charge in [0.15, 0.2) is 0 Å². The van der Waals surface area contributed by atoms with Crippen molar-refractivity contribution in [2.75, 3.05) is 13.1 Å². The van der Waals surface area contributed by atoms with E-state index in [1.54, 1.807) is 11.0 Å². The first-order valence-corrected chi connectivity index (χ1v) is 9.57. The summed E-state index contributed by atoms with van der Waals surface area (Å²) in [6.07, 6.45) is 0.725. The third-order valence-electron chi connectivity index (χ3n) is 5.84. The molecule has 142 valence electrons. The van der Waals surface area contributed by atoms with Crippen molar-refractivity contribution in [3.8, 4) is 0 Å². The molecule has 1 N–H and O–H groups in total. The van der Waals surface area contributed by atoms with Crippen molar-refractivity contribution in [3.63, 3.8) is 0 Å². The van der Waals surface area contributed by atoms with Crippen LogP contribution in [0.5, 0.6) is 0 Å². The van der Waals surface area contributed by atoms with Crippen molar-refractivity contribution in [3.05, 3.63) is 35.6 Å². The summed E-state index contributed by atoms with van der Waals surface area (Å²) in [5.41, 5.74) is -0.226. The number of nitrogens with zero attached hydrogens (tertiary/aromatic N) is 1. The highest BCUT2D eigenvalue weighted by atomic mass is 35.5. The molecule has 4 nitrogen and oxygen atoms in total. The van der Waals surface area contributed by atoms with Crippen LogP contribution < -0.4 is 5.32 Å². The molecular weight excluding hydrogens is 378 g/mol. The van der Waals surface area contributed by atoms with Gasteiger partial charge in [0.25, 0.3) is 5.91 Å². The van der Waals surface area contributed by atoms with Gasteiger partial charge in [-0.2, -0.15) is 0 Å². The molecule has 0 aromatic heterocycles. The third-order valence-corrected chi connectivity index (χ3v) is 7.23. The fourth-order valence-corrected chi connectivity index (χ4v) is 4.75. The van der Waals surface area contributed by atoms with Crippen LogP contribution in [0.2, 0.25) is 0 Å². The van der Waals surface area contributed by atoms with Crippen molar-refractivity contribution >= 4 is 35.0 Å². The van der Waals surface area contributed by atoms with E-state index < -0.39 is 22.1 Å². The number of alkyl halides is 2. The quantitative estimate of drug-likeness (QED) is 0.784. The lowest BCUT2D eigenvalue weighted by Gasteiger charge is -2.33. The highest BCUT2D eigenvalue weighted by Gasteiger charge is 2.74. The molecule has 0 bridgehead atoms. The number of benzene rings is 1. The number of hydrogen-bond donors (Lipinski definition) is 1. The first-order valence-electron chi connectivity index (χ1n) is 8.81. The van der Waals surface area contributed by atoms with Gasteiger partial charge in [0.1, 0.15) is 16.2 Å². The molecule has 0 radical (unpaired) electrons. The Labute approximate surface area is 163 Å². The molecule has 1 saturated heterocycles. The molecule has 3 rings (SSSR count). The SMILES string of the molecule is CC(C)[C@H](NC(=O)c1ccccc1F)C(=O)N1CC[C@@]2(C)[C@H](C1)C2(Cl)Cl. The van der Waals surface area contributed by atoms with Crippen LogP contribution >= 0.6 is 23.2 Å². The molecule has 1 heterocycles. The van der Waals surface area contributed by atoms with Crippen LogP contribution in [0.1, 0.15) is 37.6 Å². The Morgan fingerprint density at radius 1 is 1.31 bits per heavy atom. The van der Waals surface area contributed by atoms with Gasteiger partial charge in [-0.3, -0.25) is 9.59 Å². The smallest absolute Gasteiger partial charge is 0.254 e. The van der Waals surface area contributed by atoms with Crippen LogP contribution in [0, 0.1) is 23.1 Å². The molecular formula is C19H23Cl2FN2O2. The zero-order chi connectivity index (χ0) is 19.3. The fraction of sp³-hybridized carbons (Fsp3) is 0.579. The standard InChI is InChI=1S/C19H23Cl2FN2O2/c1-11(2)15(23-16(25)12-6-4-5-7-13(12)22)17(26)24-9-8-18(3)14(10-24)19(18,20)21/h4-7,11,14-15H,8-10H2,1-3H3,(H,23,25)/t14-,15-,18-/m0/s1. The van der Waals surface area contributed by atoms with Crippen molar-refractivity contribution < 1.29 is 14.0 Å². The van der Waals surface area contributed by atoms with Crippen molar-refractivity contribution in [1.29, 1.82) is 0 Å². The number of carbonyl (C=O) groups excluding carboxylic acids is 2. The molecule has 1 aromatic rings. The first-order chi connectivity index (χ1) is 12.1. The molecule has 1 aliphatic heterocycles. The lowest BCUT2D eigenvalue weighted by Crippen LogP contribution is -2.53. The Morgan fingerprint density at radius 3 is 2.54 bits per heavy atom. The summed E-state index contributed by atoms with van der Waals surface area (Å²) in [5.74, 6) is -1.48. The highest BCUT2D eigenvalue weighted by molar-refractivity contribution is 6.51. The summed E-state index contributed by atoms with van der Waals surface area (Å²) < 4.78 is 13.0. The molecule has 0 spiro atoms. The minimum Gasteiger partial charge on any atom is -0.340 e. The summed E-state index contributed by atoms with van der Waals surface area (Å²) in [6.45, 7) is 6.76. The number of carbonyl (C=O) groups is 2. The maximum absolute atomic E-state index is 13.8. The van der Waals surface area contributed by atoms with Crippen molar-refractivity contribution in [1.82, 2.24) is 10.2 Å². The highest BCUT2D eigenvalue weighted by Crippen LogP contribution is 2.72. The third kappa shape index (κ3) is 3.09. The Kier molecular flexibility index (Phi) is 4.99. The van der Waals surface area contributed by atoms with Crippen molar-refractivity contribution in [2.24, 2.45) is 17.3 Å². The maximum atomic E-state index is 13.8. The molecule has 2 aliphatic rings. The monoisotopic (exact) mass is 400 g/mol. The number of halogens is 3. The van der Waals surface area contributed by atoms with Crippen LogP contribution in [0.4, 0.5) is 4.39 Å². The van der Waals surface area contributed by atoms with E-state index in [2.05, 4.69) is 5.32 Å². The Bertz CT molecular complexity index is 740. The van der Waals surface area contributed by atoms with Gasteiger partial charge in [0, 0.05) is 24.4 Å². The van der Waals surface area contributed by atoms with E-state index in [1.807, 2.05) is 20.8 Å². The summed E-state index contributed by atoms with van der Waals surface area (Å²) in [5, 5.41) is 2.69. The van der Waals surface area contributed by atoms with E-state index in [1.165, 1.54) is 18.2 Å². The largest absolute Gasteiger partial charge is 0.340 e. The zero-order valence-corrected chi connectivity index (χ0v) is 16.6. The van der Waals surface area contributed by atoms with Gasteiger partial charge in [0.2, 0.25) is 5.91 Å². The van der Waals surface area contributed by atoms with Crippen molar-refractivity contribution in [2.45, 2.75) is 37.6 Å². The second kappa shape index (κ2) is 6.68. The lowest BCUT2D eigenvalue weighted by atomic mass is 9.95. The molecule has 2 fully saturated rings. The topological polar surface area (TPSA) is 49.4 Å².